The Morgan fingerprint density at radius 1 is 1.11 bits per heavy atom. The van der Waals surface area contributed by atoms with E-state index in [1.54, 1.807) is 42.2 Å². The minimum Gasteiger partial charge on any atom is -0.322 e. The van der Waals surface area contributed by atoms with Crippen LogP contribution in [0, 0.1) is 6.92 Å². The number of carbonyl (C=O) groups is 2. The summed E-state index contributed by atoms with van der Waals surface area (Å²) in [6.45, 7) is 2.45. The SMILES string of the molecule is Cc1cc(C(=O)Nc2ccc(N3CCCC3=O)cc2)ccc1NS(C)(=O)=O. The van der Waals surface area contributed by atoms with E-state index < -0.39 is 10.0 Å². The Bertz CT molecular complexity index is 985. The second-order valence-corrected chi connectivity index (χ2v) is 8.30. The lowest BCUT2D eigenvalue weighted by Crippen LogP contribution is -2.23. The molecule has 0 saturated carbocycles. The summed E-state index contributed by atoms with van der Waals surface area (Å²) in [6.07, 6.45) is 2.51. The van der Waals surface area contributed by atoms with Crippen LogP contribution in [-0.2, 0) is 14.8 Å². The lowest BCUT2D eigenvalue weighted by Gasteiger charge is -2.16. The Kier molecular flexibility index (Phi) is 5.18. The molecule has 2 amide bonds. The van der Waals surface area contributed by atoms with Gasteiger partial charge in [0.2, 0.25) is 15.9 Å². The van der Waals surface area contributed by atoms with E-state index in [9.17, 15) is 18.0 Å². The summed E-state index contributed by atoms with van der Waals surface area (Å²) in [5.74, 6) is -0.181. The van der Waals surface area contributed by atoms with Crippen molar-refractivity contribution in [2.24, 2.45) is 0 Å². The smallest absolute Gasteiger partial charge is 0.255 e. The van der Waals surface area contributed by atoms with E-state index in [0.717, 1.165) is 24.9 Å². The molecule has 0 bridgehead atoms. The summed E-state index contributed by atoms with van der Waals surface area (Å²) >= 11 is 0. The molecule has 27 heavy (non-hydrogen) atoms. The van der Waals surface area contributed by atoms with Gasteiger partial charge < -0.3 is 10.2 Å². The van der Waals surface area contributed by atoms with Crippen molar-refractivity contribution in [3.05, 3.63) is 53.6 Å². The molecule has 0 unspecified atom stereocenters. The molecule has 0 aromatic heterocycles. The van der Waals surface area contributed by atoms with Crippen LogP contribution in [0.25, 0.3) is 0 Å². The highest BCUT2D eigenvalue weighted by Crippen LogP contribution is 2.24. The molecule has 1 aliphatic rings. The average Bonchev–Trinajstić information content (AvgIpc) is 3.02. The van der Waals surface area contributed by atoms with Crippen molar-refractivity contribution < 1.29 is 18.0 Å². The first-order valence-electron chi connectivity index (χ1n) is 8.53. The predicted octanol–water partition coefficient (Wildman–Crippen LogP) is 2.75. The number of rotatable bonds is 5. The highest BCUT2D eigenvalue weighted by Gasteiger charge is 2.21. The van der Waals surface area contributed by atoms with Gasteiger partial charge in [-0.05, 0) is 61.4 Å². The maximum atomic E-state index is 12.4. The first-order valence-corrected chi connectivity index (χ1v) is 10.4. The van der Waals surface area contributed by atoms with Gasteiger partial charge in [0.1, 0.15) is 0 Å². The standard InChI is InChI=1S/C19H21N3O4S/c1-13-12-14(5-10-17(13)21-27(2,25)26)19(24)20-15-6-8-16(9-7-15)22-11-3-4-18(22)23/h5-10,12,21H,3-4,11H2,1-2H3,(H,20,24). The summed E-state index contributed by atoms with van der Waals surface area (Å²) < 4.78 is 25.1. The van der Waals surface area contributed by atoms with E-state index in [2.05, 4.69) is 10.0 Å². The van der Waals surface area contributed by atoms with Crippen LogP contribution < -0.4 is 14.9 Å². The second kappa shape index (κ2) is 7.40. The van der Waals surface area contributed by atoms with E-state index in [0.29, 0.717) is 28.9 Å². The Balaban J connectivity index is 1.70. The van der Waals surface area contributed by atoms with Crippen LogP contribution in [0.3, 0.4) is 0 Å². The van der Waals surface area contributed by atoms with Crippen molar-refractivity contribution >= 4 is 38.9 Å². The zero-order chi connectivity index (χ0) is 19.6. The zero-order valence-electron chi connectivity index (χ0n) is 15.2. The molecule has 1 fully saturated rings. The number of anilines is 3. The number of hydrogen-bond donors (Lipinski definition) is 2. The maximum absolute atomic E-state index is 12.4. The van der Waals surface area contributed by atoms with E-state index in [1.165, 1.54) is 0 Å². The third-order valence-electron chi connectivity index (χ3n) is 4.29. The molecule has 1 aliphatic heterocycles. The molecule has 3 rings (SSSR count). The number of carbonyl (C=O) groups excluding carboxylic acids is 2. The summed E-state index contributed by atoms with van der Waals surface area (Å²) in [7, 11) is -3.37. The van der Waals surface area contributed by atoms with Gasteiger partial charge in [-0.2, -0.15) is 0 Å². The molecule has 1 heterocycles. The Hall–Kier alpha value is -2.87. The van der Waals surface area contributed by atoms with Crippen LogP contribution >= 0.6 is 0 Å². The van der Waals surface area contributed by atoms with Gasteiger partial charge >= 0.3 is 0 Å². The third-order valence-corrected chi connectivity index (χ3v) is 4.88. The number of nitrogens with zero attached hydrogens (tertiary/aromatic N) is 1. The van der Waals surface area contributed by atoms with E-state index in [1.807, 2.05) is 12.1 Å². The number of hydrogen-bond acceptors (Lipinski definition) is 4. The van der Waals surface area contributed by atoms with E-state index >= 15 is 0 Å². The van der Waals surface area contributed by atoms with Gasteiger partial charge in [0.05, 0.1) is 11.9 Å². The minimum atomic E-state index is -3.37. The normalized spacial score (nSPS) is 14.3. The summed E-state index contributed by atoms with van der Waals surface area (Å²) in [4.78, 5) is 26.0. The Morgan fingerprint density at radius 2 is 1.81 bits per heavy atom. The molecule has 0 aliphatic carbocycles. The van der Waals surface area contributed by atoms with Crippen molar-refractivity contribution in [2.75, 3.05) is 27.7 Å². The van der Waals surface area contributed by atoms with Gasteiger partial charge in [-0.25, -0.2) is 8.42 Å². The fraction of sp³-hybridized carbons (Fsp3) is 0.263. The molecular weight excluding hydrogens is 366 g/mol. The highest BCUT2D eigenvalue weighted by molar-refractivity contribution is 7.92. The molecular formula is C19H21N3O4S. The first kappa shape index (κ1) is 18.9. The van der Waals surface area contributed by atoms with Gasteiger partial charge in [0, 0.05) is 29.9 Å². The second-order valence-electron chi connectivity index (χ2n) is 6.55. The zero-order valence-corrected chi connectivity index (χ0v) is 16.0. The van der Waals surface area contributed by atoms with Crippen LogP contribution in [-0.4, -0.2) is 33.0 Å². The van der Waals surface area contributed by atoms with Gasteiger partial charge in [-0.1, -0.05) is 0 Å². The Labute approximate surface area is 158 Å². The number of nitrogens with one attached hydrogen (secondary N) is 2. The van der Waals surface area contributed by atoms with Crippen LogP contribution in [0.2, 0.25) is 0 Å². The largest absolute Gasteiger partial charge is 0.322 e. The van der Waals surface area contributed by atoms with Crippen molar-refractivity contribution in [1.82, 2.24) is 0 Å². The monoisotopic (exact) mass is 387 g/mol. The molecule has 2 aromatic carbocycles. The molecule has 142 valence electrons. The maximum Gasteiger partial charge on any atom is 0.255 e. The number of amides is 2. The van der Waals surface area contributed by atoms with Crippen molar-refractivity contribution in [3.8, 4) is 0 Å². The van der Waals surface area contributed by atoms with E-state index in [4.69, 9.17) is 0 Å². The lowest BCUT2D eigenvalue weighted by molar-refractivity contribution is -0.117. The fourth-order valence-corrected chi connectivity index (χ4v) is 3.60. The van der Waals surface area contributed by atoms with Gasteiger partial charge in [0.25, 0.3) is 5.91 Å². The predicted molar refractivity (Wildman–Crippen MR) is 106 cm³/mol. The van der Waals surface area contributed by atoms with Crippen molar-refractivity contribution in [2.45, 2.75) is 19.8 Å². The Morgan fingerprint density at radius 3 is 2.37 bits per heavy atom. The summed E-state index contributed by atoms with van der Waals surface area (Å²) in [5.41, 5.74) is 2.95. The van der Waals surface area contributed by atoms with Gasteiger partial charge in [-0.15, -0.1) is 0 Å². The molecule has 2 aromatic rings. The number of sulfonamides is 1. The lowest BCUT2D eigenvalue weighted by atomic mass is 10.1. The highest BCUT2D eigenvalue weighted by atomic mass is 32.2. The number of aryl methyl sites for hydroxylation is 1. The van der Waals surface area contributed by atoms with Crippen molar-refractivity contribution in [1.29, 1.82) is 0 Å². The molecule has 1 saturated heterocycles. The summed E-state index contributed by atoms with van der Waals surface area (Å²) in [5, 5.41) is 2.80. The van der Waals surface area contributed by atoms with Crippen LogP contribution in [0.4, 0.5) is 17.1 Å². The fourth-order valence-electron chi connectivity index (χ4n) is 2.97. The first-order chi connectivity index (χ1) is 12.7. The average molecular weight is 387 g/mol. The van der Waals surface area contributed by atoms with Crippen LogP contribution in [0.1, 0.15) is 28.8 Å². The topological polar surface area (TPSA) is 95.6 Å². The minimum absolute atomic E-state index is 0.116. The van der Waals surface area contributed by atoms with Gasteiger partial charge in [-0.3, -0.25) is 14.3 Å². The quantitative estimate of drug-likeness (QED) is 0.825. The molecule has 0 atom stereocenters. The molecule has 0 radical (unpaired) electrons. The van der Waals surface area contributed by atoms with Crippen LogP contribution in [0.15, 0.2) is 42.5 Å². The molecule has 8 heteroatoms. The van der Waals surface area contributed by atoms with E-state index in [-0.39, 0.29) is 11.8 Å². The third kappa shape index (κ3) is 4.65. The summed E-state index contributed by atoms with van der Waals surface area (Å²) in [6, 6.07) is 11.9. The molecule has 2 N–H and O–H groups in total. The number of benzene rings is 2. The van der Waals surface area contributed by atoms with Gasteiger partial charge in [0.15, 0.2) is 0 Å². The molecule has 7 nitrogen and oxygen atoms in total. The van der Waals surface area contributed by atoms with Crippen LogP contribution in [0.5, 0.6) is 0 Å². The molecule has 0 spiro atoms. The van der Waals surface area contributed by atoms with Crippen molar-refractivity contribution in [3.63, 3.8) is 0 Å².